The molecular formula is C18H28BrNO3S. The molecular weight excluding hydrogens is 390 g/mol. The normalized spacial score (nSPS) is 14.3. The SMILES string of the molecule is CC(C)CC(NC(=O)OC(C)(C)C)C(O)CSc1ccc(Br)cc1. The van der Waals surface area contributed by atoms with Crippen molar-refractivity contribution >= 4 is 33.8 Å². The van der Waals surface area contributed by atoms with E-state index in [1.54, 1.807) is 11.8 Å². The number of carbonyl (C=O) groups is 1. The van der Waals surface area contributed by atoms with Gasteiger partial charge >= 0.3 is 6.09 Å². The number of alkyl carbamates (subject to hydrolysis) is 1. The standard InChI is InChI=1S/C18H28BrNO3S/c1-12(2)10-15(20-17(22)23-18(3,4)5)16(21)11-24-14-8-6-13(19)7-9-14/h6-9,12,15-16,21H,10-11H2,1-5H3,(H,20,22). The molecule has 0 radical (unpaired) electrons. The summed E-state index contributed by atoms with van der Waals surface area (Å²) in [6.07, 6.45) is -0.434. The third-order valence-electron chi connectivity index (χ3n) is 3.13. The number of benzene rings is 1. The van der Waals surface area contributed by atoms with Crippen LogP contribution in [0.2, 0.25) is 0 Å². The molecule has 1 aromatic rings. The number of carbonyl (C=O) groups excluding carboxylic acids is 1. The number of thioether (sulfide) groups is 1. The van der Waals surface area contributed by atoms with Crippen LogP contribution in [0, 0.1) is 5.92 Å². The van der Waals surface area contributed by atoms with Gasteiger partial charge in [0.05, 0.1) is 12.1 Å². The maximum absolute atomic E-state index is 12.0. The maximum atomic E-state index is 12.0. The molecule has 1 amide bonds. The molecule has 0 saturated carbocycles. The van der Waals surface area contributed by atoms with E-state index in [1.807, 2.05) is 45.0 Å². The van der Waals surface area contributed by atoms with Gasteiger partial charge in [-0.1, -0.05) is 29.8 Å². The molecule has 136 valence electrons. The van der Waals surface area contributed by atoms with Gasteiger partial charge in [0.25, 0.3) is 0 Å². The Morgan fingerprint density at radius 3 is 2.38 bits per heavy atom. The Morgan fingerprint density at radius 1 is 1.29 bits per heavy atom. The van der Waals surface area contributed by atoms with Gasteiger partial charge in [0.1, 0.15) is 5.60 Å². The van der Waals surface area contributed by atoms with E-state index in [0.717, 1.165) is 9.37 Å². The Bertz CT molecular complexity index is 514. The molecule has 0 heterocycles. The van der Waals surface area contributed by atoms with Gasteiger partial charge in [0.15, 0.2) is 0 Å². The van der Waals surface area contributed by atoms with Gasteiger partial charge in [-0.15, -0.1) is 11.8 Å². The average molecular weight is 418 g/mol. The van der Waals surface area contributed by atoms with Crippen molar-refractivity contribution in [3.8, 4) is 0 Å². The highest BCUT2D eigenvalue weighted by Crippen LogP contribution is 2.23. The number of amides is 1. The van der Waals surface area contributed by atoms with Crippen molar-refractivity contribution in [2.75, 3.05) is 5.75 Å². The summed E-state index contributed by atoms with van der Waals surface area (Å²) >= 11 is 4.98. The highest BCUT2D eigenvalue weighted by Gasteiger charge is 2.25. The second-order valence-electron chi connectivity index (χ2n) is 7.21. The number of ether oxygens (including phenoxy) is 1. The first-order valence-corrected chi connectivity index (χ1v) is 9.90. The molecule has 2 N–H and O–H groups in total. The minimum atomic E-state index is -0.645. The van der Waals surface area contributed by atoms with Crippen LogP contribution in [0.5, 0.6) is 0 Å². The molecule has 2 unspecified atom stereocenters. The number of nitrogens with one attached hydrogen (secondary N) is 1. The lowest BCUT2D eigenvalue weighted by atomic mass is 10.0. The van der Waals surface area contributed by atoms with Crippen LogP contribution in [-0.4, -0.2) is 34.7 Å². The van der Waals surface area contributed by atoms with Crippen molar-refractivity contribution in [2.45, 2.75) is 63.7 Å². The monoisotopic (exact) mass is 417 g/mol. The second-order valence-corrected chi connectivity index (χ2v) is 9.22. The van der Waals surface area contributed by atoms with Gasteiger partial charge in [-0.3, -0.25) is 0 Å². The predicted molar refractivity (Wildman–Crippen MR) is 103 cm³/mol. The van der Waals surface area contributed by atoms with E-state index < -0.39 is 17.8 Å². The molecule has 0 bridgehead atoms. The van der Waals surface area contributed by atoms with Gasteiger partial charge in [-0.05, 0) is 57.4 Å². The topological polar surface area (TPSA) is 58.6 Å². The molecule has 0 aliphatic rings. The van der Waals surface area contributed by atoms with Gasteiger partial charge in [0, 0.05) is 15.1 Å². The van der Waals surface area contributed by atoms with Crippen molar-refractivity contribution in [3.63, 3.8) is 0 Å². The molecule has 0 aliphatic heterocycles. The fourth-order valence-electron chi connectivity index (χ4n) is 2.11. The van der Waals surface area contributed by atoms with Crippen molar-refractivity contribution in [3.05, 3.63) is 28.7 Å². The fraction of sp³-hybridized carbons (Fsp3) is 0.611. The number of rotatable bonds is 7. The number of aliphatic hydroxyl groups excluding tert-OH is 1. The van der Waals surface area contributed by atoms with E-state index in [9.17, 15) is 9.90 Å². The van der Waals surface area contributed by atoms with Gasteiger partial charge in [0.2, 0.25) is 0 Å². The molecule has 4 nitrogen and oxygen atoms in total. The summed E-state index contributed by atoms with van der Waals surface area (Å²) in [5, 5.41) is 13.3. The largest absolute Gasteiger partial charge is 0.444 e. The van der Waals surface area contributed by atoms with Gasteiger partial charge < -0.3 is 15.2 Å². The van der Waals surface area contributed by atoms with Crippen LogP contribution in [0.1, 0.15) is 41.0 Å². The average Bonchev–Trinajstić information content (AvgIpc) is 2.43. The molecule has 1 rings (SSSR count). The summed E-state index contributed by atoms with van der Waals surface area (Å²) in [6, 6.07) is 7.61. The predicted octanol–water partition coefficient (Wildman–Crippen LogP) is 4.84. The Labute approximate surface area is 157 Å². The van der Waals surface area contributed by atoms with E-state index >= 15 is 0 Å². The summed E-state index contributed by atoms with van der Waals surface area (Å²) < 4.78 is 6.33. The fourth-order valence-corrected chi connectivity index (χ4v) is 3.30. The molecule has 6 heteroatoms. The number of hydrogen-bond donors (Lipinski definition) is 2. The maximum Gasteiger partial charge on any atom is 0.407 e. The molecule has 2 atom stereocenters. The zero-order chi connectivity index (χ0) is 18.3. The van der Waals surface area contributed by atoms with Crippen LogP contribution in [-0.2, 0) is 4.74 Å². The van der Waals surface area contributed by atoms with Crippen LogP contribution in [0.3, 0.4) is 0 Å². The Morgan fingerprint density at radius 2 is 1.88 bits per heavy atom. The van der Waals surface area contributed by atoms with Crippen molar-refractivity contribution in [2.24, 2.45) is 5.92 Å². The third kappa shape index (κ3) is 8.94. The molecule has 24 heavy (non-hydrogen) atoms. The summed E-state index contributed by atoms with van der Waals surface area (Å²) in [4.78, 5) is 13.1. The minimum absolute atomic E-state index is 0.331. The zero-order valence-corrected chi connectivity index (χ0v) is 17.4. The van der Waals surface area contributed by atoms with Crippen LogP contribution >= 0.6 is 27.7 Å². The molecule has 0 fully saturated rings. The quantitative estimate of drug-likeness (QED) is 0.622. The molecule has 0 spiro atoms. The van der Waals surface area contributed by atoms with Crippen molar-refractivity contribution in [1.82, 2.24) is 5.32 Å². The summed E-state index contributed by atoms with van der Waals surface area (Å²) in [6.45, 7) is 9.61. The van der Waals surface area contributed by atoms with Crippen LogP contribution < -0.4 is 5.32 Å². The van der Waals surface area contributed by atoms with E-state index in [1.165, 1.54) is 0 Å². The van der Waals surface area contributed by atoms with E-state index in [4.69, 9.17) is 4.74 Å². The molecule has 0 saturated heterocycles. The Hall–Kier alpha value is -0.720. The third-order valence-corrected chi connectivity index (χ3v) is 4.77. The number of aliphatic hydroxyl groups is 1. The first kappa shape index (κ1) is 21.3. The van der Waals surface area contributed by atoms with Gasteiger partial charge in [-0.2, -0.15) is 0 Å². The van der Waals surface area contributed by atoms with E-state index in [0.29, 0.717) is 18.1 Å². The minimum Gasteiger partial charge on any atom is -0.444 e. The van der Waals surface area contributed by atoms with Crippen LogP contribution in [0.4, 0.5) is 4.79 Å². The molecule has 0 aromatic heterocycles. The number of halogens is 1. The van der Waals surface area contributed by atoms with Crippen LogP contribution in [0.25, 0.3) is 0 Å². The number of hydrogen-bond acceptors (Lipinski definition) is 4. The van der Waals surface area contributed by atoms with Gasteiger partial charge in [-0.25, -0.2) is 4.79 Å². The summed E-state index contributed by atoms with van der Waals surface area (Å²) in [5.41, 5.74) is -0.552. The lowest BCUT2D eigenvalue weighted by Gasteiger charge is -2.27. The van der Waals surface area contributed by atoms with Crippen LogP contribution in [0.15, 0.2) is 33.6 Å². The highest BCUT2D eigenvalue weighted by molar-refractivity contribution is 9.10. The lowest BCUT2D eigenvalue weighted by Crippen LogP contribution is -2.47. The molecule has 1 aromatic carbocycles. The van der Waals surface area contributed by atoms with Crippen molar-refractivity contribution in [1.29, 1.82) is 0 Å². The Kier molecular flexibility index (Phi) is 8.60. The van der Waals surface area contributed by atoms with E-state index in [2.05, 4.69) is 35.1 Å². The molecule has 0 aliphatic carbocycles. The first-order valence-electron chi connectivity index (χ1n) is 8.13. The zero-order valence-electron chi connectivity index (χ0n) is 15.0. The van der Waals surface area contributed by atoms with E-state index in [-0.39, 0.29) is 6.04 Å². The Balaban J connectivity index is 2.61. The van der Waals surface area contributed by atoms with Crippen molar-refractivity contribution < 1.29 is 14.6 Å². The smallest absolute Gasteiger partial charge is 0.407 e. The second kappa shape index (κ2) is 9.68. The summed E-state index contributed by atoms with van der Waals surface area (Å²) in [7, 11) is 0. The summed E-state index contributed by atoms with van der Waals surface area (Å²) in [5.74, 6) is 0.867. The first-order chi connectivity index (χ1) is 11.1. The lowest BCUT2D eigenvalue weighted by molar-refractivity contribution is 0.0426. The highest BCUT2D eigenvalue weighted by atomic mass is 79.9.